The largest absolute Gasteiger partial charge is 0.506 e. The van der Waals surface area contributed by atoms with Crippen molar-refractivity contribution in [1.82, 2.24) is 19.9 Å². The van der Waals surface area contributed by atoms with Gasteiger partial charge in [-0.2, -0.15) is 0 Å². The molecule has 0 bridgehead atoms. The number of Topliss-reactive ketones (excluding diaryl/α,β-unsaturated/α-hetero) is 2. The molecule has 0 spiro atoms. The first kappa shape index (κ1) is 32.2. The first-order chi connectivity index (χ1) is 19.5. The van der Waals surface area contributed by atoms with E-state index in [1.165, 1.54) is 25.0 Å². The Morgan fingerprint density at radius 2 is 1.61 bits per heavy atom. The van der Waals surface area contributed by atoms with Crippen LogP contribution < -0.4 is 9.64 Å². The molecule has 11 nitrogen and oxygen atoms in total. The second-order valence-corrected chi connectivity index (χ2v) is 8.55. The number of carbonyl (C=O) groups excluding carboxylic acids is 2. The van der Waals surface area contributed by atoms with Crippen molar-refractivity contribution < 1.29 is 61.6 Å². The second kappa shape index (κ2) is 15.1. The third-order valence-electron chi connectivity index (χ3n) is 6.17. The monoisotopic (exact) mass is 629 g/mol. The number of rotatable bonds is 10. The van der Waals surface area contributed by atoms with Crippen molar-refractivity contribution in [2.75, 3.05) is 45.4 Å². The minimum atomic E-state index is -1.24. The zero-order valence-electron chi connectivity index (χ0n) is 22.9. The van der Waals surface area contributed by atoms with Gasteiger partial charge in [0.05, 0.1) is 26.6 Å². The molecule has 13 heteroatoms. The van der Waals surface area contributed by atoms with Gasteiger partial charge in [0.2, 0.25) is 6.01 Å². The topological polar surface area (TPSA) is 137 Å². The Balaban J connectivity index is 0.00000151. The van der Waals surface area contributed by atoms with E-state index in [-0.39, 0.29) is 67.0 Å². The molecule has 1 unspecified atom stereocenters. The van der Waals surface area contributed by atoms with E-state index in [1.54, 1.807) is 38.5 Å². The van der Waals surface area contributed by atoms with Crippen LogP contribution in [0.4, 0.5) is 5.95 Å². The van der Waals surface area contributed by atoms with Crippen molar-refractivity contribution in [2.45, 2.75) is 12.7 Å². The summed E-state index contributed by atoms with van der Waals surface area (Å²) in [6, 6.07) is 13.2. The van der Waals surface area contributed by atoms with Crippen LogP contribution in [-0.4, -0.2) is 85.0 Å². The number of nitrogens with zero attached hydrogens (tertiary/aromatic N) is 5. The number of hydrogen-bond acceptors (Lipinski definition) is 11. The van der Waals surface area contributed by atoms with Gasteiger partial charge >= 0.3 is 0 Å². The molecule has 1 aliphatic rings. The number of hydrogen-bond donors (Lipinski definition) is 1. The van der Waals surface area contributed by atoms with Crippen molar-refractivity contribution in [3.8, 4) is 17.5 Å². The Morgan fingerprint density at radius 1 is 0.927 bits per heavy atom. The number of aromatic nitrogens is 4. The molecule has 0 aliphatic heterocycles. The Labute approximate surface area is 264 Å². The predicted octanol–water partition coefficient (Wildman–Crippen LogP) is 3.18. The van der Waals surface area contributed by atoms with Gasteiger partial charge in [0.1, 0.15) is 29.1 Å². The fourth-order valence-corrected chi connectivity index (χ4v) is 4.27. The molecule has 2 aromatic carbocycles. The van der Waals surface area contributed by atoms with E-state index in [0.29, 0.717) is 43.2 Å². The van der Waals surface area contributed by atoms with E-state index < -0.39 is 17.5 Å². The summed E-state index contributed by atoms with van der Waals surface area (Å²) in [6.07, 6.45) is 2.53. The third-order valence-corrected chi connectivity index (χ3v) is 6.17. The van der Waals surface area contributed by atoms with Crippen LogP contribution in [-0.2, 0) is 42.2 Å². The van der Waals surface area contributed by atoms with E-state index in [9.17, 15) is 14.7 Å². The molecule has 0 fully saturated rings. The number of aromatic hydroxyl groups is 1. The molecule has 41 heavy (non-hydrogen) atoms. The zero-order valence-corrected chi connectivity index (χ0v) is 25.7. The first-order valence-corrected chi connectivity index (χ1v) is 12.4. The number of anilines is 1. The minimum Gasteiger partial charge on any atom is -0.506 e. The molecule has 5 rings (SSSR count). The molecule has 2 heterocycles. The fourth-order valence-electron chi connectivity index (χ4n) is 4.27. The summed E-state index contributed by atoms with van der Waals surface area (Å²) in [5, 5.41) is 11.3. The summed E-state index contributed by atoms with van der Waals surface area (Å²) in [5.74, 6) is -1.77. The average Bonchev–Trinajstić information content (AvgIpc) is 3.22. The predicted molar refractivity (Wildman–Crippen MR) is 148 cm³/mol. The Hall–Kier alpha value is -3.31. The summed E-state index contributed by atoms with van der Waals surface area (Å²) >= 11 is 0. The van der Waals surface area contributed by atoms with Gasteiger partial charge < -0.3 is 34.2 Å². The summed E-state index contributed by atoms with van der Waals surface area (Å²) < 4.78 is 16.1. The normalized spacial score (nSPS) is 13.7. The van der Waals surface area contributed by atoms with Gasteiger partial charge in [0.25, 0.3) is 0 Å². The average molecular weight is 629 g/mol. The maximum absolute atomic E-state index is 13.3. The number of methoxy groups -OCH3 is 2. The van der Waals surface area contributed by atoms with Crippen LogP contribution in [0.15, 0.2) is 48.5 Å². The van der Waals surface area contributed by atoms with E-state index in [2.05, 4.69) is 34.1 Å². The smallest absolute Gasteiger partial charge is 0.206 e. The van der Waals surface area contributed by atoms with Gasteiger partial charge in [-0.3, -0.25) is 14.6 Å². The number of fused-ring (bicyclic) bond motifs is 2. The summed E-state index contributed by atoms with van der Waals surface area (Å²) in [5.41, 5.74) is 1.01. The van der Waals surface area contributed by atoms with Crippen molar-refractivity contribution >= 4 is 36.3 Å². The van der Waals surface area contributed by atoms with Crippen LogP contribution in [0.5, 0.6) is 17.5 Å². The standard InChI is InChI=1S/C27H24N5O6.CH3B.Y/c1-36-11-9-32(10-12-37-2)26-28-15-29-27(31-26)38-17-7-8-18-19(14-17)25(35)22(24(18)34)23-21(33)13-16-5-3-4-6-20(16)30-23;1-2;/h3-8,13-14,22,33H,9-12H2,1-2H3;1H3;/q-1;;. The minimum absolute atomic E-state index is 0. The molecule has 1 N–H and O–H groups in total. The molecule has 4 aromatic rings. The molecule has 2 aromatic heterocycles. The summed E-state index contributed by atoms with van der Waals surface area (Å²) in [7, 11) is 7.70. The molecular weight excluding hydrogens is 602 g/mol. The van der Waals surface area contributed by atoms with E-state index in [4.69, 9.17) is 14.2 Å². The van der Waals surface area contributed by atoms with Crippen LogP contribution in [0.25, 0.3) is 10.9 Å². The maximum atomic E-state index is 13.3. The number of para-hydroxylation sites is 1. The van der Waals surface area contributed by atoms with Gasteiger partial charge in [0, 0.05) is 82.9 Å². The number of carbonyl (C=O) groups is 2. The number of ether oxygens (including phenoxy) is 3. The molecule has 207 valence electrons. The molecule has 1 atom stereocenters. The molecule has 0 saturated heterocycles. The molecule has 1 aliphatic carbocycles. The molecule has 3 radical (unpaired) electrons. The van der Waals surface area contributed by atoms with Gasteiger partial charge in [-0.25, -0.2) is 4.98 Å². The Bertz CT molecular complexity index is 1520. The summed E-state index contributed by atoms with van der Waals surface area (Å²) in [4.78, 5) is 45.2. The summed E-state index contributed by atoms with van der Waals surface area (Å²) in [6.45, 7) is 3.44. The van der Waals surface area contributed by atoms with E-state index >= 15 is 0 Å². The number of pyridine rings is 1. The van der Waals surface area contributed by atoms with E-state index in [0.717, 1.165) is 0 Å². The van der Waals surface area contributed by atoms with Crippen molar-refractivity contribution in [2.24, 2.45) is 0 Å². The first-order valence-electron chi connectivity index (χ1n) is 12.4. The molecule has 0 saturated carbocycles. The van der Waals surface area contributed by atoms with Crippen LogP contribution in [0.2, 0.25) is 6.82 Å². The van der Waals surface area contributed by atoms with Crippen LogP contribution in [0.1, 0.15) is 32.3 Å². The maximum Gasteiger partial charge on any atom is 0.206 e. The number of benzene rings is 2. The quantitative estimate of drug-likeness (QED) is 0.157. The van der Waals surface area contributed by atoms with E-state index in [1.807, 2.05) is 11.0 Å². The second-order valence-electron chi connectivity index (χ2n) is 8.55. The molecular formula is C28H27BN5O6Y-. The fraction of sp³-hybridized carbons (Fsp3) is 0.286. The number of ketones is 2. The third kappa shape index (κ3) is 7.13. The van der Waals surface area contributed by atoms with Crippen molar-refractivity contribution in [1.29, 1.82) is 0 Å². The SMILES string of the molecule is COCCN(CCOC)c1n[c-]nc(Oc2ccc3c(c2)C(=O)C(c2nc4ccccc4cc2O)C3=O)n1.[B]C.[Y]. The van der Waals surface area contributed by atoms with Crippen molar-refractivity contribution in [3.05, 3.63) is 71.7 Å². The van der Waals surface area contributed by atoms with Gasteiger partial charge in [-0.05, 0) is 30.3 Å². The van der Waals surface area contributed by atoms with Gasteiger partial charge in [-0.1, -0.05) is 25.0 Å². The van der Waals surface area contributed by atoms with Gasteiger partial charge in [0.15, 0.2) is 11.6 Å². The van der Waals surface area contributed by atoms with Crippen LogP contribution in [0, 0.1) is 6.33 Å². The molecule has 0 amide bonds. The Kier molecular flexibility index (Phi) is 11.8. The van der Waals surface area contributed by atoms with Crippen LogP contribution in [0.3, 0.4) is 0 Å². The Morgan fingerprint density at radius 3 is 2.32 bits per heavy atom. The van der Waals surface area contributed by atoms with Crippen LogP contribution >= 0.6 is 0 Å². The van der Waals surface area contributed by atoms with Crippen molar-refractivity contribution in [3.63, 3.8) is 0 Å². The zero-order chi connectivity index (χ0) is 28.6. The van der Waals surface area contributed by atoms with Gasteiger partial charge in [-0.15, -0.1) is 0 Å².